The van der Waals surface area contributed by atoms with Gasteiger partial charge < -0.3 is 24.5 Å². The van der Waals surface area contributed by atoms with E-state index in [1.165, 1.54) is 11.8 Å². The second-order valence-electron chi connectivity index (χ2n) is 8.81. The summed E-state index contributed by atoms with van der Waals surface area (Å²) in [6.07, 6.45) is 3.50. The molecule has 4 aromatic rings. The van der Waals surface area contributed by atoms with Gasteiger partial charge in [0.15, 0.2) is 0 Å². The molecule has 2 N–H and O–H groups in total. The van der Waals surface area contributed by atoms with Gasteiger partial charge in [0, 0.05) is 36.6 Å². The van der Waals surface area contributed by atoms with Gasteiger partial charge in [0.05, 0.1) is 31.0 Å². The summed E-state index contributed by atoms with van der Waals surface area (Å²) >= 11 is 1.47. The number of rotatable bonds is 10. The Labute approximate surface area is 225 Å². The summed E-state index contributed by atoms with van der Waals surface area (Å²) < 4.78 is 17.1. The number of carbonyl (C=O) groups excluding carboxylic acids is 1. The standard InChI is InChI=1S/C28H29N5O4S/c1-35-22-5-2-4-20(16-22)19-37-27-25(38-24-9-7-21(8-10-24)26(29)34)17-30-28(31-27)33-13-11-32(12-14-33)18-23-6-3-15-36-23/h2-10,15-17H,11-14,18-19H2,1H3,(H2,29,34). The quantitative estimate of drug-likeness (QED) is 0.322. The number of hydrogen-bond donors (Lipinski definition) is 1. The highest BCUT2D eigenvalue weighted by atomic mass is 32.2. The number of nitrogens with two attached hydrogens (primary N) is 1. The van der Waals surface area contributed by atoms with Crippen LogP contribution in [0.5, 0.6) is 11.6 Å². The Morgan fingerprint density at radius 1 is 1.08 bits per heavy atom. The molecule has 2 aromatic heterocycles. The number of primary amides is 1. The van der Waals surface area contributed by atoms with Crippen molar-refractivity contribution < 1.29 is 18.7 Å². The van der Waals surface area contributed by atoms with Crippen LogP contribution in [0, 0.1) is 0 Å². The molecule has 196 valence electrons. The van der Waals surface area contributed by atoms with Crippen molar-refractivity contribution in [1.29, 1.82) is 0 Å². The number of furan rings is 1. The molecule has 0 atom stereocenters. The molecular weight excluding hydrogens is 502 g/mol. The Morgan fingerprint density at radius 2 is 1.89 bits per heavy atom. The fourth-order valence-electron chi connectivity index (χ4n) is 4.13. The minimum atomic E-state index is -0.458. The molecular formula is C28H29N5O4S. The average molecular weight is 532 g/mol. The first-order valence-electron chi connectivity index (χ1n) is 12.3. The number of carbonyl (C=O) groups is 1. The van der Waals surface area contributed by atoms with E-state index in [0.717, 1.165) is 59.6 Å². The zero-order chi connectivity index (χ0) is 26.3. The molecule has 0 bridgehead atoms. The number of anilines is 1. The first-order valence-corrected chi connectivity index (χ1v) is 13.1. The monoisotopic (exact) mass is 531 g/mol. The van der Waals surface area contributed by atoms with Gasteiger partial charge >= 0.3 is 0 Å². The lowest BCUT2D eigenvalue weighted by atomic mass is 10.2. The number of aromatic nitrogens is 2. The fourth-order valence-corrected chi connectivity index (χ4v) is 4.95. The van der Waals surface area contributed by atoms with Crippen molar-refractivity contribution in [2.45, 2.75) is 22.9 Å². The lowest BCUT2D eigenvalue weighted by Gasteiger charge is -2.34. The van der Waals surface area contributed by atoms with E-state index in [2.05, 4.69) is 14.8 Å². The first kappa shape index (κ1) is 25.6. The molecule has 0 saturated carbocycles. The van der Waals surface area contributed by atoms with E-state index in [9.17, 15) is 4.79 Å². The maximum absolute atomic E-state index is 11.4. The molecule has 1 fully saturated rings. The highest BCUT2D eigenvalue weighted by molar-refractivity contribution is 7.99. The highest BCUT2D eigenvalue weighted by Gasteiger charge is 2.21. The Morgan fingerprint density at radius 3 is 2.61 bits per heavy atom. The van der Waals surface area contributed by atoms with Crippen LogP contribution in [0.15, 0.2) is 87.3 Å². The lowest BCUT2D eigenvalue weighted by Crippen LogP contribution is -2.46. The van der Waals surface area contributed by atoms with Crippen LogP contribution in [0.1, 0.15) is 21.7 Å². The Balaban J connectivity index is 1.32. The van der Waals surface area contributed by atoms with E-state index in [4.69, 9.17) is 24.6 Å². The van der Waals surface area contributed by atoms with Crippen molar-refractivity contribution in [1.82, 2.24) is 14.9 Å². The van der Waals surface area contributed by atoms with Crippen molar-refractivity contribution in [3.8, 4) is 11.6 Å². The molecule has 10 heteroatoms. The minimum absolute atomic E-state index is 0.332. The number of methoxy groups -OCH3 is 1. The van der Waals surface area contributed by atoms with Crippen LogP contribution in [-0.4, -0.2) is 54.1 Å². The van der Waals surface area contributed by atoms with Gasteiger partial charge in [0.25, 0.3) is 0 Å². The normalized spacial score (nSPS) is 13.9. The molecule has 0 radical (unpaired) electrons. The number of amides is 1. The number of ether oxygens (including phenoxy) is 2. The van der Waals surface area contributed by atoms with Crippen LogP contribution >= 0.6 is 11.8 Å². The summed E-state index contributed by atoms with van der Waals surface area (Å²) in [7, 11) is 1.64. The van der Waals surface area contributed by atoms with E-state index in [0.29, 0.717) is 24.0 Å². The summed E-state index contributed by atoms with van der Waals surface area (Å²) in [5, 5.41) is 0. The molecule has 5 rings (SSSR count). The molecule has 38 heavy (non-hydrogen) atoms. The third-order valence-corrected chi connectivity index (χ3v) is 7.21. The highest BCUT2D eigenvalue weighted by Crippen LogP contribution is 2.35. The SMILES string of the molecule is COc1cccc(COc2nc(N3CCN(Cc4ccco4)CC3)ncc2Sc2ccc(C(N)=O)cc2)c1. The number of hydrogen-bond acceptors (Lipinski definition) is 9. The maximum atomic E-state index is 11.4. The Hall–Kier alpha value is -4.02. The minimum Gasteiger partial charge on any atom is -0.497 e. The Kier molecular flexibility index (Phi) is 8.10. The zero-order valence-electron chi connectivity index (χ0n) is 21.1. The van der Waals surface area contributed by atoms with E-state index in [1.54, 1.807) is 31.7 Å². The largest absolute Gasteiger partial charge is 0.497 e. The van der Waals surface area contributed by atoms with Gasteiger partial charge in [-0.3, -0.25) is 9.69 Å². The molecule has 1 aliphatic heterocycles. The molecule has 3 heterocycles. The van der Waals surface area contributed by atoms with Crippen LogP contribution in [0.4, 0.5) is 5.95 Å². The second-order valence-corrected chi connectivity index (χ2v) is 9.93. The molecule has 0 aliphatic carbocycles. The van der Waals surface area contributed by atoms with Crippen molar-refractivity contribution >= 4 is 23.6 Å². The second kappa shape index (κ2) is 12.0. The predicted octanol–water partition coefficient (Wildman–Crippen LogP) is 4.23. The lowest BCUT2D eigenvalue weighted by molar-refractivity contribution is 0.1000. The van der Waals surface area contributed by atoms with Crippen molar-refractivity contribution in [3.05, 3.63) is 90.0 Å². The van der Waals surface area contributed by atoms with Crippen LogP contribution in [0.3, 0.4) is 0 Å². The van der Waals surface area contributed by atoms with Gasteiger partial charge in [-0.15, -0.1) is 0 Å². The zero-order valence-corrected chi connectivity index (χ0v) is 21.9. The third-order valence-electron chi connectivity index (χ3n) is 6.20. The molecule has 1 aliphatic rings. The van der Waals surface area contributed by atoms with Gasteiger partial charge in [-0.05, 0) is 54.1 Å². The van der Waals surface area contributed by atoms with E-state index < -0.39 is 5.91 Å². The molecule has 9 nitrogen and oxygen atoms in total. The van der Waals surface area contributed by atoms with Gasteiger partial charge in [0.1, 0.15) is 18.1 Å². The summed E-state index contributed by atoms with van der Waals surface area (Å²) in [5.74, 6) is 2.41. The van der Waals surface area contributed by atoms with Crippen molar-refractivity contribution in [3.63, 3.8) is 0 Å². The summed E-state index contributed by atoms with van der Waals surface area (Å²) in [6, 6.07) is 18.8. The van der Waals surface area contributed by atoms with Crippen LogP contribution in [0.25, 0.3) is 0 Å². The van der Waals surface area contributed by atoms with Crippen LogP contribution in [0.2, 0.25) is 0 Å². The first-order chi connectivity index (χ1) is 18.6. The third kappa shape index (κ3) is 6.45. The topological polar surface area (TPSA) is 107 Å². The van der Waals surface area contributed by atoms with Gasteiger partial charge in [-0.25, -0.2) is 4.98 Å². The van der Waals surface area contributed by atoms with E-state index in [1.807, 2.05) is 48.5 Å². The van der Waals surface area contributed by atoms with Crippen molar-refractivity contribution in [2.24, 2.45) is 5.73 Å². The van der Waals surface area contributed by atoms with E-state index in [-0.39, 0.29) is 0 Å². The molecule has 1 saturated heterocycles. The van der Waals surface area contributed by atoms with Crippen LogP contribution < -0.4 is 20.1 Å². The summed E-state index contributed by atoms with van der Waals surface area (Å²) in [6.45, 7) is 4.49. The number of nitrogens with zero attached hydrogens (tertiary/aromatic N) is 4. The summed E-state index contributed by atoms with van der Waals surface area (Å²) in [5.41, 5.74) is 6.81. The maximum Gasteiger partial charge on any atom is 0.248 e. The number of piperazine rings is 1. The number of benzene rings is 2. The fraction of sp³-hybridized carbons (Fsp3) is 0.250. The predicted molar refractivity (Wildman–Crippen MR) is 145 cm³/mol. The molecule has 0 spiro atoms. The van der Waals surface area contributed by atoms with Gasteiger partial charge in [-0.1, -0.05) is 23.9 Å². The average Bonchev–Trinajstić information content (AvgIpc) is 3.46. The van der Waals surface area contributed by atoms with Gasteiger partial charge in [0.2, 0.25) is 17.7 Å². The molecule has 2 aromatic carbocycles. The van der Waals surface area contributed by atoms with Crippen LogP contribution in [-0.2, 0) is 13.2 Å². The Bertz CT molecular complexity index is 1360. The molecule has 1 amide bonds. The van der Waals surface area contributed by atoms with Gasteiger partial charge in [-0.2, -0.15) is 4.98 Å². The van der Waals surface area contributed by atoms with E-state index >= 15 is 0 Å². The van der Waals surface area contributed by atoms with Crippen molar-refractivity contribution in [2.75, 3.05) is 38.2 Å². The molecule has 0 unspecified atom stereocenters. The summed E-state index contributed by atoms with van der Waals surface area (Å²) in [4.78, 5) is 27.2. The smallest absolute Gasteiger partial charge is 0.248 e.